The number of halogens is 2. The van der Waals surface area contributed by atoms with E-state index >= 15 is 0 Å². The predicted molar refractivity (Wildman–Crippen MR) is 89.2 cm³/mol. The van der Waals surface area contributed by atoms with Crippen molar-refractivity contribution in [1.82, 2.24) is 4.98 Å². The van der Waals surface area contributed by atoms with E-state index in [1.807, 2.05) is 0 Å². The van der Waals surface area contributed by atoms with Gasteiger partial charge in [0, 0.05) is 16.5 Å². The molecular formula is C19H23F2NO2. The maximum Gasteiger partial charge on any atom is 0.304 e. The Kier molecular flexibility index (Phi) is 4.61. The lowest BCUT2D eigenvalue weighted by Crippen LogP contribution is -2.33. The zero-order chi connectivity index (χ0) is 17.3. The first-order valence-corrected chi connectivity index (χ1v) is 8.69. The number of hydrogen-bond acceptors (Lipinski definition) is 1. The number of fused-ring (bicyclic) bond motifs is 3. The number of aromatic amines is 1. The second-order valence-electron chi connectivity index (χ2n) is 6.92. The molecule has 0 fully saturated rings. The molecule has 1 aliphatic rings. The van der Waals surface area contributed by atoms with Crippen LogP contribution >= 0.6 is 0 Å². The summed E-state index contributed by atoms with van der Waals surface area (Å²) in [7, 11) is 0. The van der Waals surface area contributed by atoms with E-state index in [4.69, 9.17) is 0 Å². The third-order valence-corrected chi connectivity index (χ3v) is 5.32. The fourth-order valence-electron chi connectivity index (χ4n) is 4.24. The van der Waals surface area contributed by atoms with Gasteiger partial charge in [0.1, 0.15) is 11.6 Å². The molecule has 3 nitrogen and oxygen atoms in total. The lowest BCUT2D eigenvalue weighted by atomic mass is 9.68. The summed E-state index contributed by atoms with van der Waals surface area (Å²) in [4.78, 5) is 14.6. The first kappa shape index (κ1) is 16.9. The van der Waals surface area contributed by atoms with Crippen molar-refractivity contribution >= 4 is 16.9 Å². The molecule has 0 radical (unpaired) electrons. The Hall–Kier alpha value is -1.91. The molecule has 0 saturated heterocycles. The molecule has 3 rings (SSSR count). The number of carboxylic acid groups (broad SMARTS) is 1. The molecule has 0 saturated carbocycles. The largest absolute Gasteiger partial charge is 0.481 e. The molecule has 1 unspecified atom stereocenters. The molecule has 1 aromatic heterocycles. The Morgan fingerprint density at radius 1 is 1.29 bits per heavy atom. The quantitative estimate of drug-likeness (QED) is 0.724. The van der Waals surface area contributed by atoms with Crippen molar-refractivity contribution in [2.45, 2.75) is 63.7 Å². The van der Waals surface area contributed by atoms with Crippen LogP contribution in [0, 0.1) is 11.6 Å². The Morgan fingerprint density at radius 3 is 2.75 bits per heavy atom. The van der Waals surface area contributed by atoms with Crippen LogP contribution < -0.4 is 0 Å². The van der Waals surface area contributed by atoms with Gasteiger partial charge in [0.05, 0.1) is 11.9 Å². The number of aromatic nitrogens is 1. The minimum Gasteiger partial charge on any atom is -0.481 e. The summed E-state index contributed by atoms with van der Waals surface area (Å²) in [5.41, 5.74) is 1.14. The molecular weight excluding hydrogens is 312 g/mol. The van der Waals surface area contributed by atoms with E-state index in [0.717, 1.165) is 61.9 Å². The molecule has 2 aromatic rings. The maximum absolute atomic E-state index is 14.3. The minimum absolute atomic E-state index is 0.000224. The summed E-state index contributed by atoms with van der Waals surface area (Å²) in [5, 5.41) is 9.74. The van der Waals surface area contributed by atoms with Crippen LogP contribution in [0.1, 0.15) is 63.1 Å². The number of aryl methyl sites for hydroxylation is 1. The summed E-state index contributed by atoms with van der Waals surface area (Å²) >= 11 is 0. The van der Waals surface area contributed by atoms with E-state index in [9.17, 15) is 18.7 Å². The highest BCUT2D eigenvalue weighted by Crippen LogP contribution is 2.46. The highest BCUT2D eigenvalue weighted by molar-refractivity contribution is 5.87. The lowest BCUT2D eigenvalue weighted by molar-refractivity contribution is -0.138. The monoisotopic (exact) mass is 335 g/mol. The van der Waals surface area contributed by atoms with Crippen molar-refractivity contribution in [3.05, 3.63) is 35.0 Å². The summed E-state index contributed by atoms with van der Waals surface area (Å²) in [6.45, 7) is 2.10. The highest BCUT2D eigenvalue weighted by Gasteiger charge is 2.41. The van der Waals surface area contributed by atoms with Gasteiger partial charge < -0.3 is 10.1 Å². The van der Waals surface area contributed by atoms with Gasteiger partial charge in [0.15, 0.2) is 0 Å². The zero-order valence-electron chi connectivity index (χ0n) is 13.9. The van der Waals surface area contributed by atoms with Crippen molar-refractivity contribution in [3.63, 3.8) is 0 Å². The van der Waals surface area contributed by atoms with E-state index in [-0.39, 0.29) is 11.9 Å². The molecule has 0 aliphatic heterocycles. The molecule has 0 spiro atoms. The molecule has 0 amide bonds. The molecule has 0 bridgehead atoms. The third kappa shape index (κ3) is 2.80. The number of carboxylic acids is 1. The Bertz CT molecular complexity index is 768. The van der Waals surface area contributed by atoms with Crippen LogP contribution in [0.5, 0.6) is 0 Å². The van der Waals surface area contributed by atoms with E-state index < -0.39 is 23.0 Å². The van der Waals surface area contributed by atoms with Gasteiger partial charge in [-0.2, -0.15) is 0 Å². The van der Waals surface area contributed by atoms with E-state index in [1.165, 1.54) is 0 Å². The number of rotatable bonds is 6. The second-order valence-corrected chi connectivity index (χ2v) is 6.92. The molecule has 2 N–H and O–H groups in total. The number of H-pyrrole nitrogens is 1. The smallest absolute Gasteiger partial charge is 0.304 e. The van der Waals surface area contributed by atoms with Crippen molar-refractivity contribution in [3.8, 4) is 0 Å². The van der Waals surface area contributed by atoms with Gasteiger partial charge in [-0.05, 0) is 43.4 Å². The number of carbonyl (C=O) groups is 1. The topological polar surface area (TPSA) is 53.1 Å². The summed E-state index contributed by atoms with van der Waals surface area (Å²) in [6.07, 6.45) is 5.93. The number of aliphatic carboxylic acids is 1. The molecule has 5 heteroatoms. The lowest BCUT2D eigenvalue weighted by Gasteiger charge is -2.36. The van der Waals surface area contributed by atoms with Crippen LogP contribution in [0.15, 0.2) is 12.1 Å². The summed E-state index contributed by atoms with van der Waals surface area (Å²) in [6, 6.07) is 2.27. The average molecular weight is 335 g/mol. The average Bonchev–Trinajstić information content (AvgIpc) is 2.93. The molecule has 1 aliphatic carbocycles. The molecule has 1 atom stereocenters. The van der Waals surface area contributed by atoms with E-state index in [0.29, 0.717) is 11.8 Å². The van der Waals surface area contributed by atoms with Gasteiger partial charge in [-0.1, -0.05) is 26.2 Å². The van der Waals surface area contributed by atoms with Crippen molar-refractivity contribution in [1.29, 1.82) is 0 Å². The van der Waals surface area contributed by atoms with Crippen molar-refractivity contribution in [2.24, 2.45) is 0 Å². The standard InChI is InChI=1S/C19H23F2NO2/c1-2-3-4-9-19(11-15(23)24)10-5-6-12-16-13(20)7-8-14(21)17(16)22-18(12)19/h7-8,22H,2-6,9-11H2,1H3,(H,23,24). The fraction of sp³-hybridized carbons (Fsp3) is 0.526. The van der Waals surface area contributed by atoms with E-state index in [2.05, 4.69) is 11.9 Å². The van der Waals surface area contributed by atoms with Crippen LogP contribution in [-0.2, 0) is 16.6 Å². The number of nitrogens with one attached hydrogen (secondary N) is 1. The molecule has 130 valence electrons. The fourth-order valence-corrected chi connectivity index (χ4v) is 4.24. The predicted octanol–water partition coefficient (Wildman–Crippen LogP) is 5.08. The van der Waals surface area contributed by atoms with Gasteiger partial charge >= 0.3 is 5.97 Å². The summed E-state index contributed by atoms with van der Waals surface area (Å²) < 4.78 is 28.5. The van der Waals surface area contributed by atoms with Gasteiger partial charge in [0.25, 0.3) is 0 Å². The number of benzene rings is 1. The van der Waals surface area contributed by atoms with Gasteiger partial charge in [-0.25, -0.2) is 8.78 Å². The molecule has 24 heavy (non-hydrogen) atoms. The molecule has 1 aromatic carbocycles. The highest BCUT2D eigenvalue weighted by atomic mass is 19.1. The van der Waals surface area contributed by atoms with Gasteiger partial charge in [-0.15, -0.1) is 0 Å². The third-order valence-electron chi connectivity index (χ3n) is 5.32. The second kappa shape index (κ2) is 6.54. The zero-order valence-corrected chi connectivity index (χ0v) is 13.9. The van der Waals surface area contributed by atoms with Gasteiger partial charge in [0.2, 0.25) is 0 Å². The Labute approximate surface area is 140 Å². The maximum atomic E-state index is 14.3. The Balaban J connectivity index is 2.15. The Morgan fingerprint density at radius 2 is 2.04 bits per heavy atom. The van der Waals surface area contributed by atoms with Gasteiger partial charge in [-0.3, -0.25) is 4.79 Å². The van der Waals surface area contributed by atoms with Crippen molar-refractivity contribution in [2.75, 3.05) is 0 Å². The van der Waals surface area contributed by atoms with Crippen LogP contribution in [0.2, 0.25) is 0 Å². The minimum atomic E-state index is -0.862. The number of unbranched alkanes of at least 4 members (excludes halogenated alkanes) is 2. The van der Waals surface area contributed by atoms with Crippen molar-refractivity contribution < 1.29 is 18.7 Å². The SMILES string of the molecule is CCCCCC1(CC(=O)O)CCCc2c1[nH]c1c(F)ccc(F)c21. The van der Waals surface area contributed by atoms with Crippen LogP contribution in [-0.4, -0.2) is 16.1 Å². The molecule has 1 heterocycles. The summed E-state index contributed by atoms with van der Waals surface area (Å²) in [5.74, 6) is -1.79. The first-order valence-electron chi connectivity index (χ1n) is 8.69. The first-order chi connectivity index (χ1) is 11.5. The van der Waals surface area contributed by atoms with Crippen LogP contribution in [0.25, 0.3) is 10.9 Å². The van der Waals surface area contributed by atoms with Crippen LogP contribution in [0.3, 0.4) is 0 Å². The normalized spacial score (nSPS) is 20.3. The number of hydrogen-bond donors (Lipinski definition) is 2. The van der Waals surface area contributed by atoms with E-state index in [1.54, 1.807) is 0 Å². The van der Waals surface area contributed by atoms with Crippen LogP contribution in [0.4, 0.5) is 8.78 Å².